The number of rotatable bonds is 5. The summed E-state index contributed by atoms with van der Waals surface area (Å²) >= 11 is 0. The standard InChI is InChI=1S/C14H17N3O2/c1-4-9-15-13(18)10(2)19-14-11-7-5-6-8-12(11)17(3)16-14/h4-8,10H,1,9H2,2-3H3,(H,15,18)/t10-/m0/s1. The lowest BCUT2D eigenvalue weighted by molar-refractivity contribution is -0.127. The van der Waals surface area contributed by atoms with Gasteiger partial charge >= 0.3 is 0 Å². The van der Waals surface area contributed by atoms with Crippen LogP contribution in [0.5, 0.6) is 5.88 Å². The fraction of sp³-hybridized carbons (Fsp3) is 0.286. The van der Waals surface area contributed by atoms with Crippen molar-refractivity contribution in [2.24, 2.45) is 7.05 Å². The molecule has 2 aromatic rings. The molecule has 0 aliphatic carbocycles. The average Bonchev–Trinajstić information content (AvgIpc) is 2.73. The smallest absolute Gasteiger partial charge is 0.261 e. The topological polar surface area (TPSA) is 56.1 Å². The van der Waals surface area contributed by atoms with Gasteiger partial charge in [0.25, 0.3) is 5.91 Å². The number of nitrogens with one attached hydrogen (secondary N) is 1. The van der Waals surface area contributed by atoms with Gasteiger partial charge < -0.3 is 10.1 Å². The third kappa shape index (κ3) is 2.76. The lowest BCUT2D eigenvalue weighted by Gasteiger charge is -2.12. The first-order valence-electron chi connectivity index (χ1n) is 6.10. The zero-order valence-corrected chi connectivity index (χ0v) is 11.1. The minimum Gasteiger partial charge on any atom is -0.463 e. The summed E-state index contributed by atoms with van der Waals surface area (Å²) in [5.41, 5.74) is 0.969. The molecule has 1 aromatic carbocycles. The number of benzene rings is 1. The van der Waals surface area contributed by atoms with Crippen LogP contribution in [0.25, 0.3) is 10.9 Å². The van der Waals surface area contributed by atoms with Crippen LogP contribution in [-0.2, 0) is 11.8 Å². The zero-order chi connectivity index (χ0) is 13.8. The molecule has 1 amide bonds. The second kappa shape index (κ2) is 5.56. The van der Waals surface area contributed by atoms with Gasteiger partial charge in [-0.3, -0.25) is 9.48 Å². The summed E-state index contributed by atoms with van der Waals surface area (Å²) < 4.78 is 7.36. The van der Waals surface area contributed by atoms with Gasteiger partial charge in [0.2, 0.25) is 5.88 Å². The van der Waals surface area contributed by atoms with Gasteiger partial charge in [0.05, 0.1) is 10.9 Å². The molecule has 1 aromatic heterocycles. The second-order valence-corrected chi connectivity index (χ2v) is 4.24. The first kappa shape index (κ1) is 13.1. The van der Waals surface area contributed by atoms with Crippen molar-refractivity contribution in [1.29, 1.82) is 0 Å². The van der Waals surface area contributed by atoms with Crippen LogP contribution in [0.1, 0.15) is 6.92 Å². The Morgan fingerprint density at radius 1 is 1.58 bits per heavy atom. The molecule has 5 nitrogen and oxygen atoms in total. The number of aromatic nitrogens is 2. The summed E-state index contributed by atoms with van der Waals surface area (Å²) in [5, 5.41) is 7.87. The minimum atomic E-state index is -0.599. The summed E-state index contributed by atoms with van der Waals surface area (Å²) in [6, 6.07) is 7.73. The molecule has 0 unspecified atom stereocenters. The maximum absolute atomic E-state index is 11.7. The summed E-state index contributed by atoms with van der Waals surface area (Å²) in [5.74, 6) is 0.286. The monoisotopic (exact) mass is 259 g/mol. The van der Waals surface area contributed by atoms with Gasteiger partial charge in [0.15, 0.2) is 6.10 Å². The Kier molecular flexibility index (Phi) is 3.85. The quantitative estimate of drug-likeness (QED) is 0.830. The molecule has 1 heterocycles. The number of carbonyl (C=O) groups is 1. The number of hydrogen-bond acceptors (Lipinski definition) is 3. The highest BCUT2D eigenvalue weighted by molar-refractivity contribution is 5.85. The Morgan fingerprint density at radius 3 is 3.05 bits per heavy atom. The first-order valence-corrected chi connectivity index (χ1v) is 6.10. The van der Waals surface area contributed by atoms with Crippen LogP contribution in [0.3, 0.4) is 0 Å². The maximum Gasteiger partial charge on any atom is 0.261 e. The van der Waals surface area contributed by atoms with Crippen molar-refractivity contribution in [2.75, 3.05) is 6.54 Å². The van der Waals surface area contributed by atoms with E-state index in [1.807, 2.05) is 31.3 Å². The zero-order valence-electron chi connectivity index (χ0n) is 11.1. The lowest BCUT2D eigenvalue weighted by atomic mass is 10.2. The second-order valence-electron chi connectivity index (χ2n) is 4.24. The van der Waals surface area contributed by atoms with Gasteiger partial charge in [-0.05, 0) is 19.1 Å². The summed E-state index contributed by atoms with van der Waals surface area (Å²) in [7, 11) is 1.84. The summed E-state index contributed by atoms with van der Waals surface area (Å²) in [6.07, 6.45) is 1.03. The Bertz CT molecular complexity index is 604. The Balaban J connectivity index is 2.17. The predicted octanol–water partition coefficient (Wildman–Crippen LogP) is 1.64. The van der Waals surface area contributed by atoms with Crippen molar-refractivity contribution in [3.63, 3.8) is 0 Å². The van der Waals surface area contributed by atoms with E-state index in [0.717, 1.165) is 10.9 Å². The highest BCUT2D eigenvalue weighted by atomic mass is 16.5. The fourth-order valence-corrected chi connectivity index (χ4v) is 1.81. The molecule has 5 heteroatoms. The number of hydrogen-bond donors (Lipinski definition) is 1. The fourth-order valence-electron chi connectivity index (χ4n) is 1.81. The molecule has 2 rings (SSSR count). The highest BCUT2D eigenvalue weighted by Crippen LogP contribution is 2.24. The van der Waals surface area contributed by atoms with Crippen LogP contribution in [0.2, 0.25) is 0 Å². The van der Waals surface area contributed by atoms with E-state index >= 15 is 0 Å². The average molecular weight is 259 g/mol. The molecule has 0 fully saturated rings. The van der Waals surface area contributed by atoms with Crippen molar-refractivity contribution in [2.45, 2.75) is 13.0 Å². The van der Waals surface area contributed by atoms with Crippen LogP contribution < -0.4 is 10.1 Å². The summed E-state index contributed by atoms with van der Waals surface area (Å²) in [4.78, 5) is 11.7. The number of para-hydroxylation sites is 1. The van der Waals surface area contributed by atoms with E-state index in [1.54, 1.807) is 17.7 Å². The van der Waals surface area contributed by atoms with Crippen LogP contribution in [0.15, 0.2) is 36.9 Å². The van der Waals surface area contributed by atoms with Crippen molar-refractivity contribution in [3.05, 3.63) is 36.9 Å². The number of nitrogens with zero attached hydrogens (tertiary/aromatic N) is 2. The Morgan fingerprint density at radius 2 is 2.32 bits per heavy atom. The first-order chi connectivity index (χ1) is 9.13. The van der Waals surface area contributed by atoms with Gasteiger partial charge in [-0.25, -0.2) is 0 Å². The number of ether oxygens (including phenoxy) is 1. The molecule has 0 aliphatic heterocycles. The van der Waals surface area contributed by atoms with Crippen molar-refractivity contribution in [3.8, 4) is 5.88 Å². The molecule has 0 saturated carbocycles. The molecule has 100 valence electrons. The van der Waals surface area contributed by atoms with E-state index in [-0.39, 0.29) is 5.91 Å². The molecule has 0 radical (unpaired) electrons. The highest BCUT2D eigenvalue weighted by Gasteiger charge is 2.17. The lowest BCUT2D eigenvalue weighted by Crippen LogP contribution is -2.36. The van der Waals surface area contributed by atoms with Gasteiger partial charge in [-0.1, -0.05) is 18.2 Å². The number of fused-ring (bicyclic) bond motifs is 1. The predicted molar refractivity (Wildman–Crippen MR) is 74.0 cm³/mol. The molecular weight excluding hydrogens is 242 g/mol. The molecule has 1 atom stereocenters. The number of aryl methyl sites for hydroxylation is 1. The Labute approximate surface area is 111 Å². The van der Waals surface area contributed by atoms with E-state index in [4.69, 9.17) is 4.74 Å². The van der Waals surface area contributed by atoms with E-state index in [9.17, 15) is 4.79 Å². The number of carbonyl (C=O) groups excluding carboxylic acids is 1. The van der Waals surface area contributed by atoms with Crippen LogP contribution in [-0.4, -0.2) is 28.3 Å². The van der Waals surface area contributed by atoms with Crippen molar-refractivity contribution >= 4 is 16.8 Å². The molecular formula is C14H17N3O2. The minimum absolute atomic E-state index is 0.186. The molecule has 19 heavy (non-hydrogen) atoms. The normalized spacial score (nSPS) is 12.1. The molecule has 0 spiro atoms. The molecule has 0 aliphatic rings. The van der Waals surface area contributed by atoms with Crippen molar-refractivity contribution < 1.29 is 9.53 Å². The third-order valence-electron chi connectivity index (χ3n) is 2.80. The third-order valence-corrected chi connectivity index (χ3v) is 2.80. The van der Waals surface area contributed by atoms with Crippen LogP contribution in [0, 0.1) is 0 Å². The maximum atomic E-state index is 11.7. The van der Waals surface area contributed by atoms with E-state index in [2.05, 4.69) is 17.0 Å². The number of amides is 1. The summed E-state index contributed by atoms with van der Waals surface area (Å²) in [6.45, 7) is 5.67. The van der Waals surface area contributed by atoms with E-state index in [0.29, 0.717) is 12.4 Å². The van der Waals surface area contributed by atoms with Crippen molar-refractivity contribution in [1.82, 2.24) is 15.1 Å². The molecule has 0 bridgehead atoms. The van der Waals surface area contributed by atoms with E-state index < -0.39 is 6.10 Å². The van der Waals surface area contributed by atoms with Gasteiger partial charge in [0.1, 0.15) is 0 Å². The van der Waals surface area contributed by atoms with Gasteiger partial charge in [-0.15, -0.1) is 11.7 Å². The Hall–Kier alpha value is -2.30. The van der Waals surface area contributed by atoms with E-state index in [1.165, 1.54) is 0 Å². The largest absolute Gasteiger partial charge is 0.463 e. The molecule has 0 saturated heterocycles. The SMILES string of the molecule is C=CCNC(=O)[C@H](C)Oc1nn(C)c2ccccc12. The van der Waals surface area contributed by atoms with Crippen LogP contribution >= 0.6 is 0 Å². The van der Waals surface area contributed by atoms with Gasteiger partial charge in [0, 0.05) is 13.6 Å². The van der Waals surface area contributed by atoms with Gasteiger partial charge in [-0.2, -0.15) is 0 Å². The molecule has 1 N–H and O–H groups in total. The van der Waals surface area contributed by atoms with Crippen LogP contribution in [0.4, 0.5) is 0 Å².